The zero-order chi connectivity index (χ0) is 17.8. The molecule has 1 rings (SSSR count). The molecule has 0 aromatic carbocycles. The second-order valence-electron chi connectivity index (χ2n) is 6.73. The lowest BCUT2D eigenvalue weighted by atomic mass is 9.96. The van der Waals surface area contributed by atoms with Crippen molar-refractivity contribution in [2.45, 2.75) is 52.2 Å². The fraction of sp³-hybridized carbons (Fsp3) is 0.600. The molecule has 0 bridgehead atoms. The Morgan fingerprint density at radius 2 is 1.87 bits per heavy atom. The van der Waals surface area contributed by atoms with Crippen LogP contribution in [-0.2, 0) is 11.2 Å². The first-order valence-corrected chi connectivity index (χ1v) is 7.21. The minimum Gasteiger partial charge on any atom is -0.465 e. The van der Waals surface area contributed by atoms with Crippen LogP contribution in [0.1, 0.15) is 40.3 Å². The largest absolute Gasteiger partial charge is 0.465 e. The number of carbonyl (C=O) groups is 2. The van der Waals surface area contributed by atoms with Crippen LogP contribution in [0.15, 0.2) is 12.4 Å². The van der Waals surface area contributed by atoms with E-state index in [4.69, 9.17) is 4.74 Å². The van der Waals surface area contributed by atoms with Crippen LogP contribution in [0.3, 0.4) is 0 Å². The van der Waals surface area contributed by atoms with Gasteiger partial charge in [-0.3, -0.25) is 0 Å². The van der Waals surface area contributed by atoms with Crippen molar-refractivity contribution < 1.29 is 19.4 Å². The summed E-state index contributed by atoms with van der Waals surface area (Å²) in [5, 5.41) is 12.3. The molecule has 0 unspecified atom stereocenters. The SMILES string of the molecule is CNc1cc(CC(C)(C)N(C(=O)O)C(=O)OC(C)(C)C)ncn1. The Labute approximate surface area is 135 Å². The number of amides is 2. The van der Waals surface area contributed by atoms with Gasteiger partial charge in [-0.15, -0.1) is 0 Å². The van der Waals surface area contributed by atoms with Crippen molar-refractivity contribution in [3.63, 3.8) is 0 Å². The predicted octanol–water partition coefficient (Wildman–Crippen LogP) is 2.75. The van der Waals surface area contributed by atoms with E-state index in [1.54, 1.807) is 47.7 Å². The van der Waals surface area contributed by atoms with Crippen molar-refractivity contribution in [1.82, 2.24) is 14.9 Å². The van der Waals surface area contributed by atoms with Gasteiger partial charge in [-0.2, -0.15) is 0 Å². The van der Waals surface area contributed by atoms with E-state index in [2.05, 4.69) is 15.3 Å². The molecule has 2 N–H and O–H groups in total. The van der Waals surface area contributed by atoms with Gasteiger partial charge in [0, 0.05) is 25.2 Å². The molecule has 0 saturated heterocycles. The third-order valence-corrected chi connectivity index (χ3v) is 2.97. The van der Waals surface area contributed by atoms with Crippen molar-refractivity contribution in [2.75, 3.05) is 12.4 Å². The molecule has 0 radical (unpaired) electrons. The van der Waals surface area contributed by atoms with Crippen LogP contribution in [0.25, 0.3) is 0 Å². The third kappa shape index (κ3) is 5.39. The lowest BCUT2D eigenvalue weighted by Crippen LogP contribution is -2.53. The van der Waals surface area contributed by atoms with E-state index in [0.717, 1.165) is 0 Å². The Morgan fingerprint density at radius 1 is 1.26 bits per heavy atom. The molecule has 8 nitrogen and oxygen atoms in total. The van der Waals surface area contributed by atoms with Crippen LogP contribution in [0.2, 0.25) is 0 Å². The number of rotatable bonds is 4. The van der Waals surface area contributed by atoms with E-state index < -0.39 is 23.3 Å². The van der Waals surface area contributed by atoms with Gasteiger partial charge in [0.2, 0.25) is 0 Å². The molecule has 2 amide bonds. The van der Waals surface area contributed by atoms with Crippen LogP contribution < -0.4 is 5.32 Å². The van der Waals surface area contributed by atoms with Gasteiger partial charge in [0.25, 0.3) is 0 Å². The molecule has 0 aliphatic heterocycles. The van der Waals surface area contributed by atoms with Crippen LogP contribution in [0, 0.1) is 0 Å². The Balaban J connectivity index is 3.04. The molecule has 0 spiro atoms. The Morgan fingerprint density at radius 3 is 2.35 bits per heavy atom. The van der Waals surface area contributed by atoms with Gasteiger partial charge in [0.15, 0.2) is 0 Å². The molecule has 0 aliphatic rings. The summed E-state index contributed by atoms with van der Waals surface area (Å²) in [6, 6.07) is 1.71. The fourth-order valence-electron chi connectivity index (χ4n) is 2.04. The summed E-state index contributed by atoms with van der Waals surface area (Å²) in [5.74, 6) is 0.616. The summed E-state index contributed by atoms with van der Waals surface area (Å²) in [5.41, 5.74) is -1.20. The summed E-state index contributed by atoms with van der Waals surface area (Å²) in [6.07, 6.45) is -0.656. The van der Waals surface area contributed by atoms with Crippen LogP contribution >= 0.6 is 0 Å². The van der Waals surface area contributed by atoms with Crippen molar-refractivity contribution in [3.8, 4) is 0 Å². The van der Waals surface area contributed by atoms with Gasteiger partial charge in [-0.25, -0.2) is 24.5 Å². The first-order valence-electron chi connectivity index (χ1n) is 7.21. The summed E-state index contributed by atoms with van der Waals surface area (Å²) in [7, 11) is 1.72. The van der Waals surface area contributed by atoms with Crippen molar-refractivity contribution in [2.24, 2.45) is 0 Å². The van der Waals surface area contributed by atoms with Crippen LogP contribution in [0.4, 0.5) is 15.4 Å². The molecule has 0 atom stereocenters. The summed E-state index contributed by atoms with van der Waals surface area (Å²) < 4.78 is 5.19. The average Bonchev–Trinajstić information content (AvgIpc) is 2.34. The monoisotopic (exact) mass is 324 g/mol. The summed E-state index contributed by atoms with van der Waals surface area (Å²) in [4.78, 5) is 32.6. The average molecular weight is 324 g/mol. The second-order valence-corrected chi connectivity index (χ2v) is 6.73. The number of carboxylic acid groups (broad SMARTS) is 1. The first-order chi connectivity index (χ1) is 10.5. The van der Waals surface area contributed by atoms with Gasteiger partial charge in [-0.05, 0) is 34.6 Å². The molecule has 128 valence electrons. The van der Waals surface area contributed by atoms with Gasteiger partial charge in [0.1, 0.15) is 17.7 Å². The van der Waals surface area contributed by atoms with Gasteiger partial charge in [-0.1, -0.05) is 0 Å². The number of anilines is 1. The van der Waals surface area contributed by atoms with Gasteiger partial charge >= 0.3 is 12.2 Å². The van der Waals surface area contributed by atoms with E-state index in [0.29, 0.717) is 16.4 Å². The molecule has 0 saturated carbocycles. The molecule has 0 fully saturated rings. The zero-order valence-electron chi connectivity index (χ0n) is 14.4. The van der Waals surface area contributed by atoms with Crippen LogP contribution in [-0.4, -0.2) is 50.3 Å². The molecular weight excluding hydrogens is 300 g/mol. The normalized spacial score (nSPS) is 11.7. The van der Waals surface area contributed by atoms with E-state index in [1.165, 1.54) is 6.33 Å². The highest BCUT2D eigenvalue weighted by Crippen LogP contribution is 2.23. The Hall–Kier alpha value is -2.38. The Bertz CT molecular complexity index is 581. The van der Waals surface area contributed by atoms with Crippen molar-refractivity contribution in [3.05, 3.63) is 18.1 Å². The maximum absolute atomic E-state index is 12.2. The highest BCUT2D eigenvalue weighted by atomic mass is 16.6. The number of carbonyl (C=O) groups excluding carboxylic acids is 1. The first kappa shape index (κ1) is 18.7. The van der Waals surface area contributed by atoms with Crippen molar-refractivity contribution in [1.29, 1.82) is 0 Å². The lowest BCUT2D eigenvalue weighted by molar-refractivity contribution is 0.00785. The van der Waals surface area contributed by atoms with E-state index in [9.17, 15) is 14.7 Å². The van der Waals surface area contributed by atoms with E-state index >= 15 is 0 Å². The highest BCUT2D eigenvalue weighted by Gasteiger charge is 2.39. The quantitative estimate of drug-likeness (QED) is 0.877. The molecular formula is C15H24N4O4. The maximum atomic E-state index is 12.2. The topological polar surface area (TPSA) is 105 Å². The molecule has 0 aliphatic carbocycles. The smallest absolute Gasteiger partial charge is 0.420 e. The predicted molar refractivity (Wildman–Crippen MR) is 85.5 cm³/mol. The fourth-order valence-corrected chi connectivity index (χ4v) is 2.04. The number of hydrogen-bond donors (Lipinski definition) is 2. The number of hydrogen-bond acceptors (Lipinski definition) is 6. The summed E-state index contributed by atoms with van der Waals surface area (Å²) in [6.45, 7) is 8.34. The van der Waals surface area contributed by atoms with Crippen molar-refractivity contribution >= 4 is 18.0 Å². The van der Waals surface area contributed by atoms with E-state index in [1.807, 2.05) is 0 Å². The molecule has 1 heterocycles. The maximum Gasteiger partial charge on any atom is 0.420 e. The number of nitrogens with zero attached hydrogens (tertiary/aromatic N) is 3. The standard InChI is InChI=1S/C15H24N4O4/c1-14(2,3)23-13(22)19(12(20)21)15(4,5)8-10-7-11(16-6)18-9-17-10/h7,9H,8H2,1-6H3,(H,20,21)(H,16,17,18). The summed E-state index contributed by atoms with van der Waals surface area (Å²) >= 11 is 0. The zero-order valence-corrected chi connectivity index (χ0v) is 14.4. The van der Waals surface area contributed by atoms with E-state index in [-0.39, 0.29) is 6.42 Å². The molecule has 8 heteroatoms. The minimum absolute atomic E-state index is 0.232. The number of imide groups is 1. The number of ether oxygens (including phenoxy) is 1. The molecule has 23 heavy (non-hydrogen) atoms. The number of nitrogens with one attached hydrogen (secondary N) is 1. The molecule has 1 aromatic heterocycles. The van der Waals surface area contributed by atoms with Gasteiger partial charge < -0.3 is 15.2 Å². The number of aromatic nitrogens is 2. The Kier molecular flexibility index (Phi) is 5.52. The van der Waals surface area contributed by atoms with Gasteiger partial charge in [0.05, 0.1) is 5.54 Å². The molecule has 1 aromatic rings. The highest BCUT2D eigenvalue weighted by molar-refractivity contribution is 5.88. The van der Waals surface area contributed by atoms with Crippen LogP contribution in [0.5, 0.6) is 0 Å². The lowest BCUT2D eigenvalue weighted by Gasteiger charge is -2.35. The minimum atomic E-state index is -1.37. The second kappa shape index (κ2) is 6.80. The third-order valence-electron chi connectivity index (χ3n) is 2.97.